The van der Waals surface area contributed by atoms with E-state index in [1.165, 1.54) is 11.8 Å². The van der Waals surface area contributed by atoms with Gasteiger partial charge < -0.3 is 18.9 Å². The maximum atomic E-state index is 12.6. The van der Waals surface area contributed by atoms with Crippen LogP contribution in [0.5, 0.6) is 0 Å². The van der Waals surface area contributed by atoms with E-state index in [2.05, 4.69) is 0 Å². The lowest BCUT2D eigenvalue weighted by molar-refractivity contribution is -0.142. The van der Waals surface area contributed by atoms with Gasteiger partial charge in [0.1, 0.15) is 23.7 Å². The Labute approximate surface area is 147 Å². The van der Waals surface area contributed by atoms with Crippen LogP contribution in [0.4, 0.5) is 4.79 Å². The van der Waals surface area contributed by atoms with Crippen LogP contribution in [0.15, 0.2) is 12.0 Å². The standard InChI is InChI=1S/C17H25NO7/c1-10(19)24-14-9-22-13(7-12(14)20)11-8-23-17(5,6)18(11)15(21)25-16(2,3)4/h9,11,13H,7-8H2,1-6H3/t11-,13+/m1/s1. The molecule has 25 heavy (non-hydrogen) atoms. The fourth-order valence-corrected chi connectivity index (χ4v) is 2.78. The maximum absolute atomic E-state index is 12.6. The summed E-state index contributed by atoms with van der Waals surface area (Å²) in [4.78, 5) is 37.2. The third-order valence-corrected chi connectivity index (χ3v) is 3.80. The van der Waals surface area contributed by atoms with Crippen LogP contribution in [-0.4, -0.2) is 52.8 Å². The summed E-state index contributed by atoms with van der Waals surface area (Å²) in [5.41, 5.74) is -1.55. The molecule has 0 radical (unpaired) electrons. The molecule has 0 aromatic rings. The number of carbonyl (C=O) groups excluding carboxylic acids is 3. The van der Waals surface area contributed by atoms with Crippen LogP contribution in [0.1, 0.15) is 48.0 Å². The smallest absolute Gasteiger partial charge is 0.413 e. The Hall–Kier alpha value is -2.09. The molecule has 2 atom stereocenters. The highest BCUT2D eigenvalue weighted by Crippen LogP contribution is 2.34. The number of hydrogen-bond donors (Lipinski definition) is 0. The molecule has 0 aliphatic carbocycles. The van der Waals surface area contributed by atoms with Crippen molar-refractivity contribution in [2.24, 2.45) is 0 Å². The summed E-state index contributed by atoms with van der Waals surface area (Å²) < 4.78 is 21.5. The second-order valence-corrected chi connectivity index (χ2v) is 7.55. The zero-order valence-corrected chi connectivity index (χ0v) is 15.5. The quantitative estimate of drug-likeness (QED) is 0.701. The predicted octanol–water partition coefficient (Wildman–Crippen LogP) is 2.12. The summed E-state index contributed by atoms with van der Waals surface area (Å²) in [5.74, 6) is -1.09. The summed E-state index contributed by atoms with van der Waals surface area (Å²) in [6.07, 6.45) is -0.0501. The van der Waals surface area contributed by atoms with Gasteiger partial charge >= 0.3 is 12.1 Å². The molecule has 1 fully saturated rings. The fraction of sp³-hybridized carbons (Fsp3) is 0.706. The number of carbonyl (C=O) groups is 3. The zero-order chi connectivity index (χ0) is 19.0. The van der Waals surface area contributed by atoms with Crippen LogP contribution in [0, 0.1) is 0 Å². The first-order chi connectivity index (χ1) is 11.4. The summed E-state index contributed by atoms with van der Waals surface area (Å²) >= 11 is 0. The van der Waals surface area contributed by atoms with Crippen molar-refractivity contribution in [1.29, 1.82) is 0 Å². The van der Waals surface area contributed by atoms with E-state index < -0.39 is 35.5 Å². The zero-order valence-electron chi connectivity index (χ0n) is 15.5. The summed E-state index contributed by atoms with van der Waals surface area (Å²) in [5, 5.41) is 0. The van der Waals surface area contributed by atoms with Gasteiger partial charge in [-0.1, -0.05) is 0 Å². The van der Waals surface area contributed by atoms with Gasteiger partial charge in [-0.25, -0.2) is 4.79 Å². The molecular weight excluding hydrogens is 330 g/mol. The van der Waals surface area contributed by atoms with E-state index in [1.807, 2.05) is 0 Å². The number of ketones is 1. The molecule has 1 amide bonds. The van der Waals surface area contributed by atoms with Crippen molar-refractivity contribution >= 4 is 17.8 Å². The van der Waals surface area contributed by atoms with Crippen molar-refractivity contribution in [3.8, 4) is 0 Å². The van der Waals surface area contributed by atoms with Gasteiger partial charge in [-0.15, -0.1) is 0 Å². The predicted molar refractivity (Wildman–Crippen MR) is 86.2 cm³/mol. The molecule has 0 aromatic carbocycles. The second kappa shape index (κ2) is 6.67. The lowest BCUT2D eigenvalue weighted by atomic mass is 10.0. The highest BCUT2D eigenvalue weighted by Gasteiger charge is 2.50. The van der Waals surface area contributed by atoms with Crippen molar-refractivity contribution in [2.45, 2.75) is 71.4 Å². The van der Waals surface area contributed by atoms with E-state index in [0.29, 0.717) is 0 Å². The first kappa shape index (κ1) is 19.2. The molecule has 0 aromatic heterocycles. The largest absolute Gasteiger partial charge is 0.491 e. The topological polar surface area (TPSA) is 91.4 Å². The van der Waals surface area contributed by atoms with Crippen LogP contribution in [0.2, 0.25) is 0 Å². The molecule has 8 heteroatoms. The molecule has 140 valence electrons. The summed E-state index contributed by atoms with van der Waals surface area (Å²) in [6.45, 7) is 10.2. The molecule has 1 saturated heterocycles. The molecule has 0 N–H and O–H groups in total. The van der Waals surface area contributed by atoms with E-state index in [4.69, 9.17) is 18.9 Å². The minimum Gasteiger partial charge on any atom is -0.491 e. The SMILES string of the molecule is CC(=O)OC1=CO[C@H]([C@H]2COC(C)(C)N2C(=O)OC(C)(C)C)CC1=O. The Morgan fingerprint density at radius 2 is 1.96 bits per heavy atom. The van der Waals surface area contributed by atoms with Crippen LogP contribution < -0.4 is 0 Å². The first-order valence-corrected chi connectivity index (χ1v) is 8.14. The van der Waals surface area contributed by atoms with Gasteiger partial charge in [0, 0.05) is 6.92 Å². The molecule has 0 spiro atoms. The van der Waals surface area contributed by atoms with Crippen molar-refractivity contribution < 1.29 is 33.3 Å². The van der Waals surface area contributed by atoms with Crippen molar-refractivity contribution in [3.05, 3.63) is 12.0 Å². The van der Waals surface area contributed by atoms with Gasteiger partial charge in [0.2, 0.25) is 11.5 Å². The molecule has 2 heterocycles. The molecule has 0 saturated carbocycles. The van der Waals surface area contributed by atoms with E-state index in [9.17, 15) is 14.4 Å². The number of Topliss-reactive ketones (excluding diaryl/α,β-unsaturated/α-hetero) is 1. The Balaban J connectivity index is 2.18. The molecule has 0 unspecified atom stereocenters. The molecule has 2 rings (SSSR count). The Morgan fingerprint density at radius 3 is 2.48 bits per heavy atom. The first-order valence-electron chi connectivity index (χ1n) is 8.14. The Morgan fingerprint density at radius 1 is 1.32 bits per heavy atom. The van der Waals surface area contributed by atoms with Crippen LogP contribution in [0.25, 0.3) is 0 Å². The monoisotopic (exact) mass is 355 g/mol. The van der Waals surface area contributed by atoms with Gasteiger partial charge in [0.05, 0.1) is 19.1 Å². The Kier molecular flexibility index (Phi) is 5.13. The number of ether oxygens (including phenoxy) is 4. The number of nitrogens with zero attached hydrogens (tertiary/aromatic N) is 1. The number of amides is 1. The lowest BCUT2D eigenvalue weighted by Gasteiger charge is -2.37. The molecule has 2 aliphatic heterocycles. The maximum Gasteiger partial charge on any atom is 0.413 e. The van der Waals surface area contributed by atoms with Crippen molar-refractivity contribution in [2.75, 3.05) is 6.61 Å². The number of rotatable bonds is 2. The lowest BCUT2D eigenvalue weighted by Crippen LogP contribution is -2.54. The summed E-state index contributed by atoms with van der Waals surface area (Å²) in [6, 6.07) is -0.496. The van der Waals surface area contributed by atoms with E-state index in [-0.39, 0.29) is 24.6 Å². The van der Waals surface area contributed by atoms with Crippen LogP contribution in [-0.2, 0) is 28.5 Å². The van der Waals surface area contributed by atoms with E-state index in [1.54, 1.807) is 34.6 Å². The third-order valence-electron chi connectivity index (χ3n) is 3.80. The van der Waals surface area contributed by atoms with E-state index >= 15 is 0 Å². The second-order valence-electron chi connectivity index (χ2n) is 7.55. The highest BCUT2D eigenvalue weighted by atomic mass is 16.6. The molecule has 0 bridgehead atoms. The number of esters is 1. The van der Waals surface area contributed by atoms with E-state index in [0.717, 1.165) is 6.26 Å². The summed E-state index contributed by atoms with van der Waals surface area (Å²) in [7, 11) is 0. The minimum absolute atomic E-state index is 0.0253. The molecule has 2 aliphatic rings. The average Bonchev–Trinajstić information content (AvgIpc) is 2.74. The average molecular weight is 355 g/mol. The van der Waals surface area contributed by atoms with Crippen molar-refractivity contribution in [1.82, 2.24) is 4.90 Å². The third kappa shape index (κ3) is 4.50. The Bertz CT molecular complexity index is 603. The fourth-order valence-electron chi connectivity index (χ4n) is 2.78. The van der Waals surface area contributed by atoms with Gasteiger partial charge in [0.15, 0.2) is 0 Å². The van der Waals surface area contributed by atoms with Crippen LogP contribution >= 0.6 is 0 Å². The van der Waals surface area contributed by atoms with Gasteiger partial charge in [-0.05, 0) is 34.6 Å². The highest BCUT2D eigenvalue weighted by molar-refractivity contribution is 5.96. The molecular formula is C17H25NO7. The number of hydrogen-bond acceptors (Lipinski definition) is 7. The van der Waals surface area contributed by atoms with Crippen LogP contribution in [0.3, 0.4) is 0 Å². The minimum atomic E-state index is -0.890. The van der Waals surface area contributed by atoms with Gasteiger partial charge in [-0.2, -0.15) is 0 Å². The van der Waals surface area contributed by atoms with Crippen molar-refractivity contribution in [3.63, 3.8) is 0 Å². The normalized spacial score (nSPS) is 25.9. The number of allylic oxidation sites excluding steroid dienone is 1. The van der Waals surface area contributed by atoms with Gasteiger partial charge in [-0.3, -0.25) is 14.5 Å². The molecule has 8 nitrogen and oxygen atoms in total. The van der Waals surface area contributed by atoms with Gasteiger partial charge in [0.25, 0.3) is 0 Å².